The van der Waals surface area contributed by atoms with Gasteiger partial charge in [-0.2, -0.15) is 0 Å². The first-order valence-electron chi connectivity index (χ1n) is 4.49. The van der Waals surface area contributed by atoms with Crippen LogP contribution in [0.4, 0.5) is 5.69 Å². The van der Waals surface area contributed by atoms with Crippen molar-refractivity contribution in [3.8, 4) is 0 Å². The van der Waals surface area contributed by atoms with Crippen LogP contribution in [0.2, 0.25) is 0 Å². The molecule has 4 heteroatoms. The second kappa shape index (κ2) is 4.98. The predicted molar refractivity (Wildman–Crippen MR) is 62.3 cm³/mol. The van der Waals surface area contributed by atoms with Crippen molar-refractivity contribution in [2.45, 2.75) is 11.8 Å². The Morgan fingerprint density at radius 1 is 1.20 bits per heavy atom. The molecule has 0 fully saturated rings. The van der Waals surface area contributed by atoms with Gasteiger partial charge in [-0.15, -0.1) is 11.8 Å². The molecule has 3 nitrogen and oxygen atoms in total. The van der Waals surface area contributed by atoms with Crippen molar-refractivity contribution in [2.75, 3.05) is 18.2 Å². The van der Waals surface area contributed by atoms with E-state index in [9.17, 15) is 9.59 Å². The Morgan fingerprint density at radius 3 is 2.13 bits per heavy atom. The number of ketones is 1. The molecule has 0 bridgehead atoms. The molecule has 0 saturated heterocycles. The van der Waals surface area contributed by atoms with Crippen molar-refractivity contribution in [1.29, 1.82) is 0 Å². The molecule has 1 amide bonds. The molecule has 1 rings (SSSR count). The quantitative estimate of drug-likeness (QED) is 0.580. The van der Waals surface area contributed by atoms with E-state index < -0.39 is 11.7 Å². The zero-order valence-corrected chi connectivity index (χ0v) is 9.80. The van der Waals surface area contributed by atoms with Crippen LogP contribution in [-0.4, -0.2) is 25.0 Å². The minimum absolute atomic E-state index is 0.452. The first kappa shape index (κ1) is 11.8. The highest BCUT2D eigenvalue weighted by atomic mass is 32.2. The zero-order valence-electron chi connectivity index (χ0n) is 8.98. The lowest BCUT2D eigenvalue weighted by molar-refractivity contribution is -0.134. The van der Waals surface area contributed by atoms with Crippen molar-refractivity contribution in [3.63, 3.8) is 0 Å². The minimum atomic E-state index is -0.494. The SMILES string of the molecule is CSc1ccc(N(C)C(=O)C(C)=O)cc1. The topological polar surface area (TPSA) is 37.4 Å². The summed E-state index contributed by atoms with van der Waals surface area (Å²) in [6.07, 6.45) is 1.99. The van der Waals surface area contributed by atoms with Crippen molar-refractivity contribution >= 4 is 29.1 Å². The molecule has 0 aliphatic rings. The maximum atomic E-state index is 11.4. The Hall–Kier alpha value is -1.29. The first-order valence-corrected chi connectivity index (χ1v) is 5.71. The maximum Gasteiger partial charge on any atom is 0.293 e. The molecular weight excluding hydrogens is 210 g/mol. The fourth-order valence-corrected chi connectivity index (χ4v) is 1.57. The Morgan fingerprint density at radius 2 is 1.73 bits per heavy atom. The molecule has 80 valence electrons. The fourth-order valence-electron chi connectivity index (χ4n) is 1.16. The monoisotopic (exact) mass is 223 g/mol. The van der Waals surface area contributed by atoms with Gasteiger partial charge in [-0.1, -0.05) is 0 Å². The van der Waals surface area contributed by atoms with E-state index in [0.29, 0.717) is 0 Å². The van der Waals surface area contributed by atoms with E-state index in [2.05, 4.69) is 0 Å². The molecule has 0 spiro atoms. The first-order chi connectivity index (χ1) is 7.06. The number of carbonyl (C=O) groups excluding carboxylic acids is 2. The summed E-state index contributed by atoms with van der Waals surface area (Å²) >= 11 is 1.63. The van der Waals surface area contributed by atoms with Gasteiger partial charge in [0.1, 0.15) is 0 Å². The lowest BCUT2D eigenvalue weighted by atomic mass is 10.3. The summed E-state index contributed by atoms with van der Waals surface area (Å²) in [5.74, 6) is -0.946. The average molecular weight is 223 g/mol. The van der Waals surface area contributed by atoms with Gasteiger partial charge in [-0.3, -0.25) is 9.59 Å². The number of rotatable bonds is 3. The Bertz CT molecular complexity index is 373. The van der Waals surface area contributed by atoms with E-state index in [1.165, 1.54) is 11.8 Å². The summed E-state index contributed by atoms with van der Waals surface area (Å²) in [6.45, 7) is 1.27. The lowest BCUT2D eigenvalue weighted by Gasteiger charge is -2.15. The molecule has 0 heterocycles. The van der Waals surface area contributed by atoms with Crippen LogP contribution in [-0.2, 0) is 9.59 Å². The smallest absolute Gasteiger partial charge is 0.293 e. The van der Waals surface area contributed by atoms with Crippen molar-refractivity contribution < 1.29 is 9.59 Å². The molecule has 0 saturated carbocycles. The van der Waals surface area contributed by atoms with E-state index >= 15 is 0 Å². The Balaban J connectivity index is 2.87. The van der Waals surface area contributed by atoms with Crippen LogP contribution >= 0.6 is 11.8 Å². The van der Waals surface area contributed by atoms with Crippen LogP contribution in [0.25, 0.3) is 0 Å². The number of thioether (sulfide) groups is 1. The molecule has 0 aliphatic carbocycles. The third-order valence-corrected chi connectivity index (χ3v) is 2.81. The fraction of sp³-hybridized carbons (Fsp3) is 0.273. The van der Waals surface area contributed by atoms with Crippen molar-refractivity contribution in [1.82, 2.24) is 0 Å². The summed E-state index contributed by atoms with van der Waals surface area (Å²) < 4.78 is 0. The Kier molecular flexibility index (Phi) is 3.91. The van der Waals surface area contributed by atoms with Crippen LogP contribution in [0.1, 0.15) is 6.92 Å². The molecule has 1 aromatic carbocycles. The molecular formula is C11H13NO2S. The number of benzene rings is 1. The van der Waals surface area contributed by atoms with Crippen LogP contribution < -0.4 is 4.90 Å². The normalized spacial score (nSPS) is 9.80. The molecule has 0 radical (unpaired) electrons. The molecule has 0 N–H and O–H groups in total. The number of hydrogen-bond acceptors (Lipinski definition) is 3. The highest BCUT2D eigenvalue weighted by molar-refractivity contribution is 7.98. The number of nitrogens with zero attached hydrogens (tertiary/aromatic N) is 1. The summed E-state index contributed by atoms with van der Waals surface area (Å²) in [6, 6.07) is 7.49. The Labute approximate surface area is 93.5 Å². The van der Waals surface area contributed by atoms with E-state index in [1.54, 1.807) is 18.8 Å². The van der Waals surface area contributed by atoms with Crippen molar-refractivity contribution in [3.05, 3.63) is 24.3 Å². The van der Waals surface area contributed by atoms with Gasteiger partial charge in [0.05, 0.1) is 0 Å². The van der Waals surface area contributed by atoms with Crippen LogP contribution in [0.3, 0.4) is 0 Å². The summed E-state index contributed by atoms with van der Waals surface area (Å²) in [5.41, 5.74) is 0.730. The van der Waals surface area contributed by atoms with Crippen LogP contribution in [0.15, 0.2) is 29.2 Å². The van der Waals surface area contributed by atoms with Gasteiger partial charge < -0.3 is 4.90 Å². The van der Waals surface area contributed by atoms with Gasteiger partial charge in [0, 0.05) is 24.6 Å². The second-order valence-electron chi connectivity index (χ2n) is 3.12. The molecule has 0 aromatic heterocycles. The van der Waals surface area contributed by atoms with E-state index in [0.717, 1.165) is 10.6 Å². The highest BCUT2D eigenvalue weighted by Crippen LogP contribution is 2.19. The third kappa shape index (κ3) is 2.83. The molecule has 0 unspecified atom stereocenters. The lowest BCUT2D eigenvalue weighted by Crippen LogP contribution is -2.31. The van der Waals surface area contributed by atoms with Gasteiger partial charge in [-0.05, 0) is 30.5 Å². The van der Waals surface area contributed by atoms with Gasteiger partial charge in [0.2, 0.25) is 5.78 Å². The number of likely N-dealkylation sites (N-methyl/N-ethyl adjacent to an activating group) is 1. The molecule has 15 heavy (non-hydrogen) atoms. The van der Waals surface area contributed by atoms with Gasteiger partial charge in [0.25, 0.3) is 5.91 Å². The minimum Gasteiger partial charge on any atom is -0.309 e. The number of Topliss-reactive ketones (excluding diaryl/α,β-unsaturated/α-hetero) is 1. The number of carbonyl (C=O) groups is 2. The number of hydrogen-bond donors (Lipinski definition) is 0. The molecule has 0 atom stereocenters. The largest absolute Gasteiger partial charge is 0.309 e. The van der Waals surface area contributed by atoms with Gasteiger partial charge in [0.15, 0.2) is 0 Å². The zero-order chi connectivity index (χ0) is 11.4. The summed E-state index contributed by atoms with van der Waals surface area (Å²) in [7, 11) is 1.60. The highest BCUT2D eigenvalue weighted by Gasteiger charge is 2.14. The van der Waals surface area contributed by atoms with Gasteiger partial charge >= 0.3 is 0 Å². The molecule has 0 aliphatic heterocycles. The van der Waals surface area contributed by atoms with Crippen LogP contribution in [0.5, 0.6) is 0 Å². The standard InChI is InChI=1S/C11H13NO2S/c1-8(13)11(14)12(2)9-4-6-10(15-3)7-5-9/h4-7H,1-3H3. The molecule has 1 aromatic rings. The maximum absolute atomic E-state index is 11.4. The average Bonchev–Trinajstić information content (AvgIpc) is 2.27. The van der Waals surface area contributed by atoms with Gasteiger partial charge in [-0.25, -0.2) is 0 Å². The third-order valence-electron chi connectivity index (χ3n) is 2.07. The van der Waals surface area contributed by atoms with E-state index in [1.807, 2.05) is 30.5 Å². The predicted octanol–water partition coefficient (Wildman–Crippen LogP) is 1.96. The summed E-state index contributed by atoms with van der Waals surface area (Å²) in [5, 5.41) is 0. The number of anilines is 1. The summed E-state index contributed by atoms with van der Waals surface area (Å²) in [4.78, 5) is 24.7. The van der Waals surface area contributed by atoms with E-state index in [-0.39, 0.29) is 0 Å². The van der Waals surface area contributed by atoms with E-state index in [4.69, 9.17) is 0 Å². The van der Waals surface area contributed by atoms with Crippen molar-refractivity contribution in [2.24, 2.45) is 0 Å². The second-order valence-corrected chi connectivity index (χ2v) is 4.00. The number of amides is 1. The van der Waals surface area contributed by atoms with Crippen LogP contribution in [0, 0.1) is 0 Å².